The fraction of sp³-hybridized carbons (Fsp3) is 0.776. The molecule has 1 amide bonds. The number of aliphatic hydroxyl groups excluding tert-OH is 2. The van der Waals surface area contributed by atoms with Gasteiger partial charge in [0.05, 0.1) is 18.8 Å². The summed E-state index contributed by atoms with van der Waals surface area (Å²) in [6.07, 6.45) is 76.3. The monoisotopic (exact) mass is 864 g/mol. The number of rotatable bonds is 49. The molecule has 0 saturated carbocycles. The van der Waals surface area contributed by atoms with Gasteiger partial charge in [-0.2, -0.15) is 0 Å². The maximum absolute atomic E-state index is 12.4. The number of aliphatic hydroxyl groups is 2. The molecule has 4 heteroatoms. The quantitative estimate of drug-likeness (QED) is 0.0421. The van der Waals surface area contributed by atoms with Crippen molar-refractivity contribution < 1.29 is 15.0 Å². The van der Waals surface area contributed by atoms with Gasteiger partial charge in [-0.1, -0.05) is 273 Å². The first-order chi connectivity index (χ1) is 30.7. The molecule has 0 aromatic rings. The smallest absolute Gasteiger partial charge is 0.220 e. The lowest BCUT2D eigenvalue weighted by Gasteiger charge is -2.20. The van der Waals surface area contributed by atoms with E-state index in [4.69, 9.17) is 0 Å². The summed E-state index contributed by atoms with van der Waals surface area (Å²) in [7, 11) is 0. The lowest BCUT2D eigenvalue weighted by atomic mass is 10.0. The van der Waals surface area contributed by atoms with Gasteiger partial charge in [0.2, 0.25) is 5.91 Å². The number of hydrogen-bond donors (Lipinski definition) is 3. The first-order valence-corrected chi connectivity index (χ1v) is 27.2. The van der Waals surface area contributed by atoms with Crippen LogP contribution in [0.15, 0.2) is 72.9 Å². The SMILES string of the molecule is CC/C=C\C/C=C\C/C=C\C/C=C\C/C=C\CCCCCCCC(=O)NC(CO)C(O)/C=C/CCCCCCCCCCCCCCCCCCCCCCCCCCCCC. The van der Waals surface area contributed by atoms with Crippen LogP contribution < -0.4 is 5.32 Å². The highest BCUT2D eigenvalue weighted by Gasteiger charge is 2.18. The number of carbonyl (C=O) groups is 1. The summed E-state index contributed by atoms with van der Waals surface area (Å²) in [5, 5.41) is 23.1. The van der Waals surface area contributed by atoms with E-state index in [0.717, 1.165) is 70.6 Å². The summed E-state index contributed by atoms with van der Waals surface area (Å²) in [4.78, 5) is 12.4. The Morgan fingerprint density at radius 1 is 0.403 bits per heavy atom. The third kappa shape index (κ3) is 48.9. The van der Waals surface area contributed by atoms with Crippen molar-refractivity contribution in [1.29, 1.82) is 0 Å². The molecule has 0 aliphatic rings. The zero-order valence-corrected chi connectivity index (χ0v) is 41.4. The Morgan fingerprint density at radius 2 is 0.710 bits per heavy atom. The number of amides is 1. The Labute approximate surface area is 387 Å². The average molecular weight is 864 g/mol. The van der Waals surface area contributed by atoms with Gasteiger partial charge < -0.3 is 15.5 Å². The van der Waals surface area contributed by atoms with Gasteiger partial charge in [-0.25, -0.2) is 0 Å². The van der Waals surface area contributed by atoms with Crippen LogP contribution in [0, 0.1) is 0 Å². The van der Waals surface area contributed by atoms with Crippen molar-refractivity contribution >= 4 is 5.91 Å². The maximum atomic E-state index is 12.4. The predicted molar refractivity (Wildman–Crippen MR) is 276 cm³/mol. The predicted octanol–water partition coefficient (Wildman–Crippen LogP) is 17.8. The van der Waals surface area contributed by atoms with E-state index >= 15 is 0 Å². The van der Waals surface area contributed by atoms with Crippen LogP contribution in [0.3, 0.4) is 0 Å². The number of carbonyl (C=O) groups excluding carboxylic acids is 1. The Kier molecular flexibility index (Phi) is 51.3. The molecule has 2 unspecified atom stereocenters. The molecule has 4 nitrogen and oxygen atoms in total. The number of allylic oxidation sites excluding steroid dienone is 11. The van der Waals surface area contributed by atoms with E-state index in [2.05, 4.69) is 79.9 Å². The van der Waals surface area contributed by atoms with Crippen molar-refractivity contribution in [2.24, 2.45) is 0 Å². The van der Waals surface area contributed by atoms with Crippen molar-refractivity contribution in [2.45, 2.75) is 283 Å². The minimum absolute atomic E-state index is 0.0825. The van der Waals surface area contributed by atoms with Crippen LogP contribution in [0.25, 0.3) is 0 Å². The normalized spacial score (nSPS) is 13.4. The van der Waals surface area contributed by atoms with Gasteiger partial charge in [-0.15, -0.1) is 0 Å². The summed E-state index contributed by atoms with van der Waals surface area (Å²) in [6, 6.07) is -0.638. The Hall–Kier alpha value is -2.17. The standard InChI is InChI=1S/C58H105NO3/c1-3-5-7-9-11-13-15-17-19-21-23-25-26-27-28-29-30-31-32-34-35-37-39-41-43-45-47-49-51-53-57(61)56(55-60)59-58(62)54-52-50-48-46-44-42-40-38-36-33-24-22-20-18-16-14-12-10-8-6-4-2/h6,8,12,14,18,20,24,33,38,40,51,53,56-57,60-61H,3-5,7,9-11,13,15-17,19,21-23,25-32,34-37,39,41-50,52,54-55H2,1-2H3,(H,59,62)/b8-6-,14-12-,20-18-,33-24-,40-38-,53-51+. The Balaban J connectivity index is 3.54. The molecule has 0 aromatic heterocycles. The van der Waals surface area contributed by atoms with Crippen molar-refractivity contribution in [3.63, 3.8) is 0 Å². The summed E-state index contributed by atoms with van der Waals surface area (Å²) >= 11 is 0. The van der Waals surface area contributed by atoms with Gasteiger partial charge in [0.25, 0.3) is 0 Å². The third-order valence-corrected chi connectivity index (χ3v) is 12.2. The molecule has 0 bridgehead atoms. The van der Waals surface area contributed by atoms with Crippen LogP contribution in [0.4, 0.5) is 0 Å². The van der Waals surface area contributed by atoms with Crippen LogP contribution >= 0.6 is 0 Å². The maximum Gasteiger partial charge on any atom is 0.220 e. The van der Waals surface area contributed by atoms with Crippen molar-refractivity contribution in [2.75, 3.05) is 6.61 Å². The van der Waals surface area contributed by atoms with Crippen LogP contribution in [-0.4, -0.2) is 34.9 Å². The second kappa shape index (κ2) is 53.2. The number of nitrogens with one attached hydrogen (secondary N) is 1. The fourth-order valence-corrected chi connectivity index (χ4v) is 8.09. The summed E-state index contributed by atoms with van der Waals surface area (Å²) in [5.41, 5.74) is 0. The molecule has 0 aliphatic heterocycles. The molecule has 0 fully saturated rings. The molecule has 0 rings (SSSR count). The lowest BCUT2D eigenvalue weighted by molar-refractivity contribution is -0.123. The fourth-order valence-electron chi connectivity index (χ4n) is 8.09. The van der Waals surface area contributed by atoms with E-state index in [1.54, 1.807) is 6.08 Å². The molecule has 2 atom stereocenters. The van der Waals surface area contributed by atoms with E-state index in [1.807, 2.05) is 6.08 Å². The highest BCUT2D eigenvalue weighted by Crippen LogP contribution is 2.17. The molecular formula is C58H105NO3. The second-order valence-corrected chi connectivity index (χ2v) is 18.3. The van der Waals surface area contributed by atoms with Gasteiger partial charge >= 0.3 is 0 Å². The average Bonchev–Trinajstić information content (AvgIpc) is 3.28. The molecule has 0 aromatic carbocycles. The third-order valence-electron chi connectivity index (χ3n) is 12.2. The van der Waals surface area contributed by atoms with Gasteiger partial charge in [0.15, 0.2) is 0 Å². The Morgan fingerprint density at radius 3 is 1.06 bits per heavy atom. The minimum atomic E-state index is -0.853. The molecule has 3 N–H and O–H groups in total. The van der Waals surface area contributed by atoms with Crippen LogP contribution in [0.5, 0.6) is 0 Å². The van der Waals surface area contributed by atoms with E-state index < -0.39 is 12.1 Å². The van der Waals surface area contributed by atoms with E-state index in [1.165, 1.54) is 180 Å². The summed E-state index contributed by atoms with van der Waals surface area (Å²) < 4.78 is 0. The molecular weight excluding hydrogens is 759 g/mol. The van der Waals surface area contributed by atoms with Gasteiger partial charge in [-0.05, 0) is 64.2 Å². The molecule has 0 aliphatic carbocycles. The highest BCUT2D eigenvalue weighted by atomic mass is 16.3. The molecule has 0 radical (unpaired) electrons. The second-order valence-electron chi connectivity index (χ2n) is 18.3. The summed E-state index contributed by atoms with van der Waals surface area (Å²) in [6.45, 7) is 4.20. The first-order valence-electron chi connectivity index (χ1n) is 27.2. The lowest BCUT2D eigenvalue weighted by Crippen LogP contribution is -2.45. The van der Waals surface area contributed by atoms with E-state index in [0.29, 0.717) is 6.42 Å². The molecule has 0 spiro atoms. The molecule has 62 heavy (non-hydrogen) atoms. The minimum Gasteiger partial charge on any atom is -0.394 e. The zero-order valence-electron chi connectivity index (χ0n) is 41.4. The van der Waals surface area contributed by atoms with Crippen LogP contribution in [0.2, 0.25) is 0 Å². The van der Waals surface area contributed by atoms with Gasteiger partial charge in [0.1, 0.15) is 0 Å². The van der Waals surface area contributed by atoms with E-state index in [9.17, 15) is 15.0 Å². The number of hydrogen-bond acceptors (Lipinski definition) is 3. The van der Waals surface area contributed by atoms with Gasteiger partial charge in [-0.3, -0.25) is 4.79 Å². The largest absolute Gasteiger partial charge is 0.394 e. The molecule has 0 saturated heterocycles. The van der Waals surface area contributed by atoms with Crippen LogP contribution in [0.1, 0.15) is 271 Å². The molecule has 360 valence electrons. The van der Waals surface area contributed by atoms with Gasteiger partial charge in [0, 0.05) is 6.42 Å². The van der Waals surface area contributed by atoms with Crippen LogP contribution in [-0.2, 0) is 4.79 Å². The highest BCUT2D eigenvalue weighted by molar-refractivity contribution is 5.76. The molecule has 0 heterocycles. The summed E-state index contributed by atoms with van der Waals surface area (Å²) in [5.74, 6) is -0.0825. The Bertz CT molecular complexity index is 1070. The first kappa shape index (κ1) is 59.8. The van der Waals surface area contributed by atoms with Crippen molar-refractivity contribution in [3.05, 3.63) is 72.9 Å². The zero-order chi connectivity index (χ0) is 44.9. The topological polar surface area (TPSA) is 69.6 Å². The number of unbranched alkanes of at least 4 members (excludes halogenated alkanes) is 32. The van der Waals surface area contributed by atoms with Crippen molar-refractivity contribution in [3.8, 4) is 0 Å². The van der Waals surface area contributed by atoms with E-state index in [-0.39, 0.29) is 12.5 Å². The van der Waals surface area contributed by atoms with Crippen molar-refractivity contribution in [1.82, 2.24) is 5.32 Å².